The predicted octanol–water partition coefficient (Wildman–Crippen LogP) is 1.31. The molecule has 0 aromatic carbocycles. The van der Waals surface area contributed by atoms with Crippen molar-refractivity contribution in [1.29, 1.82) is 0 Å². The molecule has 5 heteroatoms. The van der Waals surface area contributed by atoms with Crippen LogP contribution in [0.3, 0.4) is 0 Å². The maximum atomic E-state index is 4.38. The van der Waals surface area contributed by atoms with Gasteiger partial charge in [0.05, 0.1) is 11.4 Å². The monoisotopic (exact) mass is 203 g/mol. The Morgan fingerprint density at radius 3 is 2.87 bits per heavy atom. The standard InChI is InChI=1S/C10H13N5/c1-3-11-10-12-6-4-8(14-10)9-5-7-13-15(9)2/h4-7H,3H2,1-2H3,(H,11,12,14). The summed E-state index contributed by atoms with van der Waals surface area (Å²) in [7, 11) is 1.89. The van der Waals surface area contributed by atoms with Crippen molar-refractivity contribution in [2.24, 2.45) is 7.05 Å². The van der Waals surface area contributed by atoms with Gasteiger partial charge in [0.2, 0.25) is 5.95 Å². The summed E-state index contributed by atoms with van der Waals surface area (Å²) in [4.78, 5) is 8.50. The molecule has 15 heavy (non-hydrogen) atoms. The molecule has 2 aromatic heterocycles. The summed E-state index contributed by atoms with van der Waals surface area (Å²) in [6.07, 6.45) is 3.50. The first kappa shape index (κ1) is 9.64. The van der Waals surface area contributed by atoms with Gasteiger partial charge in [0, 0.05) is 26.0 Å². The number of aryl methyl sites for hydroxylation is 1. The highest BCUT2D eigenvalue weighted by Gasteiger charge is 2.04. The van der Waals surface area contributed by atoms with Gasteiger partial charge >= 0.3 is 0 Å². The molecule has 0 aliphatic carbocycles. The Labute approximate surface area is 88.2 Å². The second kappa shape index (κ2) is 4.08. The number of anilines is 1. The molecular formula is C10H13N5. The highest BCUT2D eigenvalue weighted by atomic mass is 15.3. The van der Waals surface area contributed by atoms with Crippen LogP contribution in [0, 0.1) is 0 Å². The summed E-state index contributed by atoms with van der Waals surface area (Å²) < 4.78 is 1.79. The molecule has 0 aliphatic heterocycles. The van der Waals surface area contributed by atoms with Crippen LogP contribution in [0.25, 0.3) is 11.4 Å². The minimum absolute atomic E-state index is 0.649. The fraction of sp³-hybridized carbons (Fsp3) is 0.300. The van der Waals surface area contributed by atoms with Crippen molar-refractivity contribution in [3.05, 3.63) is 24.5 Å². The maximum absolute atomic E-state index is 4.38. The summed E-state index contributed by atoms with van der Waals surface area (Å²) in [6.45, 7) is 2.83. The Morgan fingerprint density at radius 1 is 1.33 bits per heavy atom. The quantitative estimate of drug-likeness (QED) is 0.817. The van der Waals surface area contributed by atoms with E-state index in [1.54, 1.807) is 17.1 Å². The lowest BCUT2D eigenvalue weighted by Crippen LogP contribution is -2.03. The summed E-state index contributed by atoms with van der Waals surface area (Å²) in [6, 6.07) is 3.80. The molecule has 0 bridgehead atoms. The van der Waals surface area contributed by atoms with Crippen LogP contribution in [-0.2, 0) is 7.05 Å². The molecule has 0 unspecified atom stereocenters. The third-order valence-corrected chi connectivity index (χ3v) is 2.07. The van der Waals surface area contributed by atoms with Gasteiger partial charge in [-0.05, 0) is 19.1 Å². The average Bonchev–Trinajstić information content (AvgIpc) is 2.65. The van der Waals surface area contributed by atoms with Gasteiger partial charge in [-0.3, -0.25) is 4.68 Å². The molecule has 0 fully saturated rings. The Hall–Kier alpha value is -1.91. The summed E-state index contributed by atoms with van der Waals surface area (Å²) in [5, 5.41) is 7.18. The van der Waals surface area contributed by atoms with Gasteiger partial charge in [-0.2, -0.15) is 5.10 Å². The fourth-order valence-corrected chi connectivity index (χ4v) is 1.37. The lowest BCUT2D eigenvalue weighted by Gasteiger charge is -2.04. The zero-order valence-corrected chi connectivity index (χ0v) is 8.81. The van der Waals surface area contributed by atoms with Gasteiger partial charge in [-0.15, -0.1) is 0 Å². The molecule has 0 aliphatic rings. The van der Waals surface area contributed by atoms with E-state index in [9.17, 15) is 0 Å². The van der Waals surface area contributed by atoms with Crippen LogP contribution in [0.4, 0.5) is 5.95 Å². The van der Waals surface area contributed by atoms with Crippen LogP contribution in [-0.4, -0.2) is 26.3 Å². The zero-order valence-electron chi connectivity index (χ0n) is 8.81. The summed E-state index contributed by atoms with van der Waals surface area (Å²) >= 11 is 0. The average molecular weight is 203 g/mol. The van der Waals surface area contributed by atoms with Gasteiger partial charge in [-0.25, -0.2) is 9.97 Å². The molecule has 0 amide bonds. The number of hydrogen-bond donors (Lipinski definition) is 1. The van der Waals surface area contributed by atoms with Crippen molar-refractivity contribution < 1.29 is 0 Å². The van der Waals surface area contributed by atoms with E-state index in [1.165, 1.54) is 0 Å². The van der Waals surface area contributed by atoms with Crippen molar-refractivity contribution in [1.82, 2.24) is 19.7 Å². The largest absolute Gasteiger partial charge is 0.354 e. The second-order valence-electron chi connectivity index (χ2n) is 3.14. The van der Waals surface area contributed by atoms with Gasteiger partial charge in [0.1, 0.15) is 0 Å². The molecule has 1 N–H and O–H groups in total. The molecule has 0 radical (unpaired) electrons. The van der Waals surface area contributed by atoms with Crippen molar-refractivity contribution in [3.8, 4) is 11.4 Å². The number of rotatable bonds is 3. The minimum Gasteiger partial charge on any atom is -0.354 e. The lowest BCUT2D eigenvalue weighted by atomic mass is 10.3. The van der Waals surface area contributed by atoms with Crippen molar-refractivity contribution in [3.63, 3.8) is 0 Å². The summed E-state index contributed by atoms with van der Waals surface area (Å²) in [5.41, 5.74) is 1.86. The van der Waals surface area contributed by atoms with Crippen LogP contribution >= 0.6 is 0 Å². The highest BCUT2D eigenvalue weighted by Crippen LogP contribution is 2.15. The Bertz CT molecular complexity index is 449. The van der Waals surface area contributed by atoms with Crippen molar-refractivity contribution in [2.75, 3.05) is 11.9 Å². The molecule has 0 saturated heterocycles. The number of nitrogens with one attached hydrogen (secondary N) is 1. The molecule has 0 atom stereocenters. The van der Waals surface area contributed by atoms with Crippen LogP contribution < -0.4 is 5.32 Å². The Morgan fingerprint density at radius 2 is 2.20 bits per heavy atom. The maximum Gasteiger partial charge on any atom is 0.223 e. The molecule has 78 valence electrons. The first-order valence-electron chi connectivity index (χ1n) is 4.86. The Kier molecular flexibility index (Phi) is 2.62. The van der Waals surface area contributed by atoms with Crippen molar-refractivity contribution >= 4 is 5.95 Å². The third-order valence-electron chi connectivity index (χ3n) is 2.07. The predicted molar refractivity (Wildman–Crippen MR) is 58.4 cm³/mol. The van der Waals surface area contributed by atoms with Crippen LogP contribution in [0.2, 0.25) is 0 Å². The molecule has 2 rings (SSSR count). The number of aromatic nitrogens is 4. The highest BCUT2D eigenvalue weighted by molar-refractivity contribution is 5.55. The molecule has 5 nitrogen and oxygen atoms in total. The van der Waals surface area contributed by atoms with Crippen LogP contribution in [0.1, 0.15) is 6.92 Å². The molecule has 0 spiro atoms. The Balaban J connectivity index is 2.37. The van der Waals surface area contributed by atoms with Crippen LogP contribution in [0.15, 0.2) is 24.5 Å². The number of hydrogen-bond acceptors (Lipinski definition) is 4. The van der Waals surface area contributed by atoms with E-state index in [4.69, 9.17) is 0 Å². The van der Waals surface area contributed by atoms with Gasteiger partial charge in [-0.1, -0.05) is 0 Å². The second-order valence-corrected chi connectivity index (χ2v) is 3.14. The third kappa shape index (κ3) is 1.96. The van der Waals surface area contributed by atoms with Gasteiger partial charge in [0.25, 0.3) is 0 Å². The normalized spacial score (nSPS) is 10.3. The van der Waals surface area contributed by atoms with Crippen molar-refractivity contribution in [2.45, 2.75) is 6.92 Å². The molecule has 2 aromatic rings. The zero-order chi connectivity index (χ0) is 10.7. The topological polar surface area (TPSA) is 55.6 Å². The van der Waals surface area contributed by atoms with E-state index in [1.807, 2.05) is 26.1 Å². The SMILES string of the molecule is CCNc1nccc(-c2ccnn2C)n1. The van der Waals surface area contributed by atoms with E-state index in [0.29, 0.717) is 5.95 Å². The molecule has 2 heterocycles. The van der Waals surface area contributed by atoms with Gasteiger partial charge < -0.3 is 5.32 Å². The van der Waals surface area contributed by atoms with Crippen LogP contribution in [0.5, 0.6) is 0 Å². The smallest absolute Gasteiger partial charge is 0.223 e. The lowest BCUT2D eigenvalue weighted by molar-refractivity contribution is 0.773. The summed E-state index contributed by atoms with van der Waals surface area (Å²) in [5.74, 6) is 0.649. The number of nitrogens with zero attached hydrogens (tertiary/aromatic N) is 4. The molecular weight excluding hydrogens is 190 g/mol. The minimum atomic E-state index is 0.649. The van der Waals surface area contributed by atoms with E-state index < -0.39 is 0 Å². The first-order valence-corrected chi connectivity index (χ1v) is 4.86. The van der Waals surface area contributed by atoms with E-state index in [-0.39, 0.29) is 0 Å². The molecule has 0 saturated carbocycles. The first-order chi connectivity index (χ1) is 7.31. The van der Waals surface area contributed by atoms with E-state index >= 15 is 0 Å². The van der Waals surface area contributed by atoms with E-state index in [2.05, 4.69) is 20.4 Å². The fourth-order valence-electron chi connectivity index (χ4n) is 1.37. The van der Waals surface area contributed by atoms with Gasteiger partial charge in [0.15, 0.2) is 0 Å². The van der Waals surface area contributed by atoms with E-state index in [0.717, 1.165) is 17.9 Å².